The molecule has 1 N–H and O–H groups in total. The minimum absolute atomic E-state index is 0. The maximum absolute atomic E-state index is 11.5. The van der Waals surface area contributed by atoms with Gasteiger partial charge in [-0.25, -0.2) is 9.59 Å². The molecular formula is C13H22ClNO5. The number of carbonyl (C=O) groups is 2. The predicted octanol–water partition coefficient (Wildman–Crippen LogP) is 1.09. The summed E-state index contributed by atoms with van der Waals surface area (Å²) in [6.45, 7) is 7.78. The highest BCUT2D eigenvalue weighted by Crippen LogP contribution is 2.12. The largest absolute Gasteiger partial charge is 0.478 e. The molecule has 116 valence electrons. The Kier molecular flexibility index (Phi) is 8.45. The van der Waals surface area contributed by atoms with Crippen LogP contribution in [-0.4, -0.2) is 60.4 Å². The lowest BCUT2D eigenvalue weighted by molar-refractivity contribution is -0.141. The number of carboxylic acids is 1. The molecule has 6 nitrogen and oxygen atoms in total. The molecule has 0 aromatic heterocycles. The van der Waals surface area contributed by atoms with Crippen LogP contribution in [0.3, 0.4) is 0 Å². The van der Waals surface area contributed by atoms with Crippen molar-refractivity contribution < 1.29 is 24.2 Å². The number of rotatable bonds is 5. The highest BCUT2D eigenvalue weighted by atomic mass is 35.5. The van der Waals surface area contributed by atoms with Gasteiger partial charge in [0, 0.05) is 30.3 Å². The number of carbonyl (C=O) groups excluding carboxylic acids is 1. The van der Waals surface area contributed by atoms with E-state index < -0.39 is 11.9 Å². The van der Waals surface area contributed by atoms with Crippen molar-refractivity contribution in [2.75, 3.05) is 26.4 Å². The third kappa shape index (κ3) is 5.90. The van der Waals surface area contributed by atoms with Crippen LogP contribution in [0.1, 0.15) is 20.8 Å². The number of nitrogens with zero attached hydrogens (tertiary/aromatic N) is 1. The van der Waals surface area contributed by atoms with Crippen LogP contribution in [0.4, 0.5) is 0 Å². The Bertz CT molecular complexity index is 362. The van der Waals surface area contributed by atoms with Crippen molar-refractivity contribution in [3.8, 4) is 0 Å². The van der Waals surface area contributed by atoms with Gasteiger partial charge in [0.2, 0.25) is 0 Å². The number of esters is 1. The van der Waals surface area contributed by atoms with Gasteiger partial charge in [0.1, 0.15) is 6.61 Å². The molecule has 20 heavy (non-hydrogen) atoms. The molecule has 0 radical (unpaired) electrons. The highest BCUT2D eigenvalue weighted by molar-refractivity contribution is 5.95. The molecule has 7 heteroatoms. The standard InChI is InChI=1S/C13H21NO5.ClH/c1-9(6-12(15)16)13(17)19-5-4-14-10(2)7-18-8-11(14)3;/h6,10-11H,4-5,7-8H2,1-3H3,(H,15,16);1H/b9-6+;/t10-,11-;/m0./s1. The fraction of sp³-hybridized carbons (Fsp3) is 0.692. The highest BCUT2D eigenvalue weighted by Gasteiger charge is 2.25. The zero-order valence-electron chi connectivity index (χ0n) is 12.0. The minimum Gasteiger partial charge on any atom is -0.478 e. The van der Waals surface area contributed by atoms with E-state index in [1.54, 1.807) is 0 Å². The number of carboxylic acid groups (broad SMARTS) is 1. The first kappa shape index (κ1) is 18.9. The van der Waals surface area contributed by atoms with Crippen molar-refractivity contribution in [1.82, 2.24) is 4.90 Å². The van der Waals surface area contributed by atoms with Crippen molar-refractivity contribution in [3.05, 3.63) is 11.6 Å². The first-order valence-corrected chi connectivity index (χ1v) is 6.33. The van der Waals surface area contributed by atoms with Crippen LogP contribution in [0, 0.1) is 0 Å². The molecule has 0 amide bonds. The monoisotopic (exact) mass is 307 g/mol. The average molecular weight is 308 g/mol. The lowest BCUT2D eigenvalue weighted by atomic mass is 10.2. The summed E-state index contributed by atoms with van der Waals surface area (Å²) in [4.78, 5) is 24.1. The zero-order chi connectivity index (χ0) is 14.4. The van der Waals surface area contributed by atoms with Gasteiger partial charge < -0.3 is 14.6 Å². The fourth-order valence-electron chi connectivity index (χ4n) is 2.08. The van der Waals surface area contributed by atoms with E-state index >= 15 is 0 Å². The third-order valence-electron chi connectivity index (χ3n) is 3.10. The second-order valence-corrected chi connectivity index (χ2v) is 4.77. The topological polar surface area (TPSA) is 76.1 Å². The maximum atomic E-state index is 11.5. The molecule has 0 spiro atoms. The van der Waals surface area contributed by atoms with E-state index in [9.17, 15) is 9.59 Å². The van der Waals surface area contributed by atoms with E-state index in [1.165, 1.54) is 6.92 Å². The molecule has 0 aromatic carbocycles. The molecule has 1 saturated heterocycles. The number of hydrogen-bond acceptors (Lipinski definition) is 5. The third-order valence-corrected chi connectivity index (χ3v) is 3.10. The number of morpholine rings is 1. The lowest BCUT2D eigenvalue weighted by Crippen LogP contribution is -2.50. The summed E-state index contributed by atoms with van der Waals surface area (Å²) in [7, 11) is 0. The van der Waals surface area contributed by atoms with Gasteiger partial charge in [-0.3, -0.25) is 4.90 Å². The van der Waals surface area contributed by atoms with Crippen LogP contribution < -0.4 is 0 Å². The minimum atomic E-state index is -1.15. The Balaban J connectivity index is 0.00000361. The van der Waals surface area contributed by atoms with Gasteiger partial charge in [0.05, 0.1) is 13.2 Å². The Hall–Kier alpha value is -1.11. The number of hydrogen-bond donors (Lipinski definition) is 1. The van der Waals surface area contributed by atoms with Crippen LogP contribution in [0.5, 0.6) is 0 Å². The van der Waals surface area contributed by atoms with Gasteiger partial charge >= 0.3 is 11.9 Å². The molecule has 0 aromatic rings. The van der Waals surface area contributed by atoms with E-state index in [2.05, 4.69) is 18.7 Å². The Morgan fingerprint density at radius 1 is 1.35 bits per heavy atom. The second kappa shape index (κ2) is 8.94. The van der Waals surface area contributed by atoms with Crippen molar-refractivity contribution in [2.24, 2.45) is 0 Å². The predicted molar refractivity (Wildman–Crippen MR) is 76.0 cm³/mol. The quantitative estimate of drug-likeness (QED) is 0.605. The van der Waals surface area contributed by atoms with Crippen LogP contribution in [0.15, 0.2) is 11.6 Å². The molecule has 1 aliphatic rings. The number of ether oxygens (including phenoxy) is 2. The molecule has 1 fully saturated rings. The first-order valence-electron chi connectivity index (χ1n) is 6.33. The zero-order valence-corrected chi connectivity index (χ0v) is 12.8. The van der Waals surface area contributed by atoms with Gasteiger partial charge in [-0.05, 0) is 20.8 Å². The number of halogens is 1. The van der Waals surface area contributed by atoms with Crippen molar-refractivity contribution >= 4 is 24.3 Å². The Morgan fingerprint density at radius 2 is 1.90 bits per heavy atom. The molecule has 1 rings (SSSR count). The lowest BCUT2D eigenvalue weighted by Gasteiger charge is -2.38. The van der Waals surface area contributed by atoms with E-state index in [0.29, 0.717) is 19.8 Å². The normalized spacial score (nSPS) is 23.9. The van der Waals surface area contributed by atoms with Gasteiger partial charge in [-0.15, -0.1) is 12.4 Å². The van der Waals surface area contributed by atoms with Gasteiger partial charge in [0.25, 0.3) is 0 Å². The van der Waals surface area contributed by atoms with Crippen LogP contribution >= 0.6 is 12.4 Å². The van der Waals surface area contributed by atoms with Gasteiger partial charge in [0.15, 0.2) is 0 Å². The van der Waals surface area contributed by atoms with E-state index in [-0.39, 0.29) is 36.7 Å². The van der Waals surface area contributed by atoms with Crippen LogP contribution in [0.2, 0.25) is 0 Å². The van der Waals surface area contributed by atoms with Crippen molar-refractivity contribution in [3.63, 3.8) is 0 Å². The summed E-state index contributed by atoms with van der Waals surface area (Å²) >= 11 is 0. The Morgan fingerprint density at radius 3 is 2.40 bits per heavy atom. The SMILES string of the molecule is C/C(=C\C(=O)O)C(=O)OCCN1[C@@H](C)COC[C@@H]1C.Cl. The summed E-state index contributed by atoms with van der Waals surface area (Å²) in [6, 6.07) is 0.580. The summed E-state index contributed by atoms with van der Waals surface area (Å²) in [5.41, 5.74) is 0.0931. The van der Waals surface area contributed by atoms with Gasteiger partial charge in [-0.1, -0.05) is 0 Å². The molecular weight excluding hydrogens is 286 g/mol. The summed E-state index contributed by atoms with van der Waals surface area (Å²) in [6.07, 6.45) is 0.850. The molecule has 1 aliphatic heterocycles. The summed E-state index contributed by atoms with van der Waals surface area (Å²) < 4.78 is 10.5. The van der Waals surface area contributed by atoms with E-state index in [1.807, 2.05) is 0 Å². The molecule has 0 aliphatic carbocycles. The molecule has 0 unspecified atom stereocenters. The maximum Gasteiger partial charge on any atom is 0.334 e. The van der Waals surface area contributed by atoms with Gasteiger partial charge in [-0.2, -0.15) is 0 Å². The fourth-order valence-corrected chi connectivity index (χ4v) is 2.08. The average Bonchev–Trinajstić information content (AvgIpc) is 2.31. The molecule has 1 heterocycles. The van der Waals surface area contributed by atoms with Crippen LogP contribution in [0.25, 0.3) is 0 Å². The molecule has 0 saturated carbocycles. The second-order valence-electron chi connectivity index (χ2n) is 4.77. The Labute approximate surface area is 125 Å². The summed E-state index contributed by atoms with van der Waals surface area (Å²) in [5, 5.41) is 8.53. The van der Waals surface area contributed by atoms with E-state index in [0.717, 1.165) is 6.08 Å². The molecule has 0 bridgehead atoms. The number of aliphatic carboxylic acids is 1. The van der Waals surface area contributed by atoms with Crippen molar-refractivity contribution in [2.45, 2.75) is 32.9 Å². The molecule has 2 atom stereocenters. The van der Waals surface area contributed by atoms with Crippen molar-refractivity contribution in [1.29, 1.82) is 0 Å². The summed E-state index contributed by atoms with van der Waals surface area (Å²) in [5.74, 6) is -1.74. The first-order chi connectivity index (χ1) is 8.91. The van der Waals surface area contributed by atoms with Crippen LogP contribution in [-0.2, 0) is 19.1 Å². The van der Waals surface area contributed by atoms with E-state index in [4.69, 9.17) is 14.6 Å². The smallest absolute Gasteiger partial charge is 0.334 e.